The molecule has 0 fully saturated rings. The van der Waals surface area contributed by atoms with Gasteiger partial charge in [0.25, 0.3) is 0 Å². The maximum atomic E-state index is 8.00. The van der Waals surface area contributed by atoms with E-state index in [-0.39, 0.29) is 24.5 Å². The van der Waals surface area contributed by atoms with Crippen molar-refractivity contribution >= 4 is 24.6 Å². The molecule has 0 bridgehead atoms. The predicted octanol–water partition coefficient (Wildman–Crippen LogP) is -1.57. The van der Waals surface area contributed by atoms with Gasteiger partial charge in [-0.1, -0.05) is 0 Å². The molecule has 0 aliphatic heterocycles. The van der Waals surface area contributed by atoms with Crippen molar-refractivity contribution in [3.8, 4) is 0 Å². The minimum atomic E-state index is 0.0417. The largest absolute Gasteiger partial charge is 0.397 e. The first-order valence-electron chi connectivity index (χ1n) is 3.52. The standard InChI is InChI=1S/C3H6N6.C2H6O.CH2O/c4-1-7-2(5)9-3(6)8-1;1-2-3;1-2/h(H6,4,5,6,7,8,9);3H,2H2,1H3;1H2. The molecule has 0 saturated heterocycles. The molecule has 1 aromatic heterocycles. The van der Waals surface area contributed by atoms with Crippen molar-refractivity contribution in [2.75, 3.05) is 23.8 Å². The van der Waals surface area contributed by atoms with Gasteiger partial charge >= 0.3 is 0 Å². The lowest BCUT2D eigenvalue weighted by Crippen LogP contribution is -2.05. The average Bonchev–Trinajstić information content (AvgIpc) is 2.06. The van der Waals surface area contributed by atoms with Gasteiger partial charge in [-0.15, -0.1) is 0 Å². The molecule has 0 unspecified atom stereocenters. The Labute approximate surface area is 81.2 Å². The third kappa shape index (κ3) is 8.14. The van der Waals surface area contributed by atoms with Crippen molar-refractivity contribution in [2.24, 2.45) is 0 Å². The number of aromatic nitrogens is 3. The molecular formula is C6H14N6O2. The molecule has 14 heavy (non-hydrogen) atoms. The summed E-state index contributed by atoms with van der Waals surface area (Å²) >= 11 is 0. The molecule has 7 N–H and O–H groups in total. The molecule has 0 aliphatic rings. The van der Waals surface area contributed by atoms with Gasteiger partial charge in [0.1, 0.15) is 6.79 Å². The summed E-state index contributed by atoms with van der Waals surface area (Å²) in [6.07, 6.45) is 0. The highest BCUT2D eigenvalue weighted by Crippen LogP contribution is 1.97. The number of carbonyl (C=O) groups is 1. The molecule has 8 nitrogen and oxygen atoms in total. The molecule has 0 aliphatic carbocycles. The predicted molar refractivity (Wildman–Crippen MR) is 52.9 cm³/mol. The summed E-state index contributed by atoms with van der Waals surface area (Å²) in [7, 11) is 0. The molecule has 80 valence electrons. The number of nitrogens with two attached hydrogens (primary N) is 3. The fourth-order valence-electron chi connectivity index (χ4n) is 0.427. The minimum absolute atomic E-state index is 0.0417. The quantitative estimate of drug-likeness (QED) is 0.393. The number of hydrogen-bond donors (Lipinski definition) is 4. The molecule has 0 spiro atoms. The number of nitrogen functional groups attached to an aromatic ring is 3. The third-order valence-electron chi connectivity index (χ3n) is 0.687. The summed E-state index contributed by atoms with van der Waals surface area (Å²) in [6.45, 7) is 3.93. The molecule has 0 radical (unpaired) electrons. The Morgan fingerprint density at radius 2 is 1.21 bits per heavy atom. The average molecular weight is 202 g/mol. The fourth-order valence-corrected chi connectivity index (χ4v) is 0.427. The van der Waals surface area contributed by atoms with Crippen LogP contribution in [0.5, 0.6) is 0 Å². The molecule has 0 atom stereocenters. The topological polar surface area (TPSA) is 154 Å². The summed E-state index contributed by atoms with van der Waals surface area (Å²) < 4.78 is 0. The minimum Gasteiger partial charge on any atom is -0.397 e. The van der Waals surface area contributed by atoms with Gasteiger partial charge in [-0.3, -0.25) is 0 Å². The molecule has 0 amide bonds. The second kappa shape index (κ2) is 9.13. The number of aliphatic hydroxyl groups is 1. The van der Waals surface area contributed by atoms with Gasteiger partial charge in [0.15, 0.2) is 0 Å². The van der Waals surface area contributed by atoms with Gasteiger partial charge in [0, 0.05) is 6.61 Å². The lowest BCUT2D eigenvalue weighted by Gasteiger charge is -1.93. The fraction of sp³-hybridized carbons (Fsp3) is 0.333. The highest BCUT2D eigenvalue weighted by atomic mass is 16.2. The van der Waals surface area contributed by atoms with Gasteiger partial charge in [-0.25, -0.2) is 0 Å². The van der Waals surface area contributed by atoms with E-state index in [1.165, 1.54) is 0 Å². The van der Waals surface area contributed by atoms with E-state index in [9.17, 15) is 0 Å². The lowest BCUT2D eigenvalue weighted by atomic mass is 10.9. The second-order valence-electron chi connectivity index (χ2n) is 1.73. The van der Waals surface area contributed by atoms with Crippen LogP contribution in [-0.2, 0) is 4.79 Å². The van der Waals surface area contributed by atoms with E-state index in [4.69, 9.17) is 27.1 Å². The molecule has 1 aromatic rings. The van der Waals surface area contributed by atoms with Crippen LogP contribution in [-0.4, -0.2) is 33.5 Å². The van der Waals surface area contributed by atoms with Crippen LogP contribution < -0.4 is 17.2 Å². The number of anilines is 3. The zero-order valence-corrected chi connectivity index (χ0v) is 7.84. The molecule has 8 heteroatoms. The van der Waals surface area contributed by atoms with Crippen LogP contribution in [0.2, 0.25) is 0 Å². The maximum absolute atomic E-state index is 8.00. The van der Waals surface area contributed by atoms with Crippen molar-refractivity contribution in [3.05, 3.63) is 0 Å². The van der Waals surface area contributed by atoms with Gasteiger partial charge < -0.3 is 27.1 Å². The monoisotopic (exact) mass is 202 g/mol. The van der Waals surface area contributed by atoms with Crippen LogP contribution in [0.4, 0.5) is 17.8 Å². The summed E-state index contributed by atoms with van der Waals surface area (Å²) in [6, 6.07) is 0. The Hall–Kier alpha value is -1.96. The maximum Gasteiger partial charge on any atom is 0.226 e. The Morgan fingerprint density at radius 3 is 1.36 bits per heavy atom. The van der Waals surface area contributed by atoms with Crippen LogP contribution in [0.3, 0.4) is 0 Å². The SMILES string of the molecule is C=O.CCO.Nc1nc(N)nc(N)n1. The van der Waals surface area contributed by atoms with E-state index in [2.05, 4.69) is 15.0 Å². The summed E-state index contributed by atoms with van der Waals surface area (Å²) in [4.78, 5) is 18.5. The smallest absolute Gasteiger partial charge is 0.226 e. The van der Waals surface area contributed by atoms with Crippen molar-refractivity contribution in [1.29, 1.82) is 0 Å². The van der Waals surface area contributed by atoms with Crippen LogP contribution in [0.15, 0.2) is 0 Å². The first-order chi connectivity index (χ1) is 6.60. The summed E-state index contributed by atoms with van der Waals surface area (Å²) in [5.41, 5.74) is 15.4. The zero-order chi connectivity index (χ0) is 11.6. The number of hydrogen-bond acceptors (Lipinski definition) is 8. The molecule has 0 saturated carbocycles. The normalized spacial score (nSPS) is 7.57. The van der Waals surface area contributed by atoms with E-state index in [1.807, 2.05) is 6.79 Å². The Bertz CT molecular complexity index is 206. The van der Waals surface area contributed by atoms with Crippen LogP contribution in [0.25, 0.3) is 0 Å². The van der Waals surface area contributed by atoms with Gasteiger partial charge in [0.05, 0.1) is 0 Å². The van der Waals surface area contributed by atoms with Gasteiger partial charge in [0.2, 0.25) is 17.8 Å². The summed E-state index contributed by atoms with van der Waals surface area (Å²) in [5.74, 6) is 0.125. The highest BCUT2D eigenvalue weighted by Gasteiger charge is 1.93. The van der Waals surface area contributed by atoms with E-state index < -0.39 is 0 Å². The Morgan fingerprint density at radius 1 is 1.07 bits per heavy atom. The van der Waals surface area contributed by atoms with E-state index in [1.54, 1.807) is 6.92 Å². The van der Waals surface area contributed by atoms with Gasteiger partial charge in [-0.2, -0.15) is 15.0 Å². The Balaban J connectivity index is 0. The lowest BCUT2D eigenvalue weighted by molar-refractivity contribution is -0.0979. The van der Waals surface area contributed by atoms with Crippen molar-refractivity contribution < 1.29 is 9.90 Å². The Kier molecular flexibility index (Phi) is 9.49. The number of nitrogens with zero attached hydrogens (tertiary/aromatic N) is 3. The number of aliphatic hydroxyl groups excluding tert-OH is 1. The summed E-state index contributed by atoms with van der Waals surface area (Å²) in [5, 5.41) is 7.57. The number of rotatable bonds is 0. The first-order valence-corrected chi connectivity index (χ1v) is 3.52. The zero-order valence-electron chi connectivity index (χ0n) is 7.84. The van der Waals surface area contributed by atoms with Gasteiger partial charge in [-0.05, 0) is 6.92 Å². The van der Waals surface area contributed by atoms with Crippen molar-refractivity contribution in [3.63, 3.8) is 0 Å². The first kappa shape index (κ1) is 14.6. The van der Waals surface area contributed by atoms with Crippen LogP contribution in [0.1, 0.15) is 6.92 Å². The van der Waals surface area contributed by atoms with E-state index in [0.717, 1.165) is 0 Å². The van der Waals surface area contributed by atoms with Crippen LogP contribution >= 0.6 is 0 Å². The second-order valence-corrected chi connectivity index (χ2v) is 1.73. The highest BCUT2D eigenvalue weighted by molar-refractivity contribution is 5.33. The third-order valence-corrected chi connectivity index (χ3v) is 0.687. The molecular weight excluding hydrogens is 188 g/mol. The number of carbonyl (C=O) groups excluding carboxylic acids is 1. The van der Waals surface area contributed by atoms with Crippen molar-refractivity contribution in [2.45, 2.75) is 6.92 Å². The van der Waals surface area contributed by atoms with Crippen molar-refractivity contribution in [1.82, 2.24) is 15.0 Å². The molecule has 1 heterocycles. The molecule has 1 rings (SSSR count). The van der Waals surface area contributed by atoms with Crippen LogP contribution in [0, 0.1) is 0 Å². The van der Waals surface area contributed by atoms with E-state index in [0.29, 0.717) is 0 Å². The molecule has 0 aromatic carbocycles. The van der Waals surface area contributed by atoms with E-state index >= 15 is 0 Å².